The zero-order valence-electron chi connectivity index (χ0n) is 22.2. The molecule has 0 saturated carbocycles. The van der Waals surface area contributed by atoms with Crippen LogP contribution in [0.2, 0.25) is 0 Å². The first kappa shape index (κ1) is 26.8. The molecule has 0 aliphatic carbocycles. The second kappa shape index (κ2) is 10.4. The van der Waals surface area contributed by atoms with Gasteiger partial charge >= 0.3 is 0 Å². The number of hydrogen-bond acceptors (Lipinski definition) is 8. The zero-order valence-corrected chi connectivity index (χ0v) is 23.1. The highest BCUT2D eigenvalue weighted by atomic mass is 32.1. The number of nitrogens with zero attached hydrogens (tertiary/aromatic N) is 3. The summed E-state index contributed by atoms with van der Waals surface area (Å²) >= 11 is 1.40. The highest BCUT2D eigenvalue weighted by molar-refractivity contribution is 7.13. The Morgan fingerprint density at radius 2 is 1.95 bits per heavy atom. The van der Waals surface area contributed by atoms with E-state index in [2.05, 4.69) is 32.5 Å². The maximum atomic E-state index is 13.3. The van der Waals surface area contributed by atoms with Crippen molar-refractivity contribution in [2.75, 3.05) is 26.7 Å². The smallest absolute Gasteiger partial charge is 0.280 e. The van der Waals surface area contributed by atoms with E-state index in [-0.39, 0.29) is 24.4 Å². The van der Waals surface area contributed by atoms with Gasteiger partial charge in [-0.15, -0.1) is 11.3 Å². The lowest BCUT2D eigenvalue weighted by Gasteiger charge is -2.43. The predicted molar refractivity (Wildman–Crippen MR) is 146 cm³/mol. The van der Waals surface area contributed by atoms with E-state index in [9.17, 15) is 19.8 Å². The van der Waals surface area contributed by atoms with Crippen LogP contribution in [-0.2, 0) is 13.0 Å². The Morgan fingerprint density at radius 3 is 2.71 bits per heavy atom. The maximum absolute atomic E-state index is 13.3. The number of aryl methyl sites for hydroxylation is 1. The molecule has 0 radical (unpaired) electrons. The zero-order chi connectivity index (χ0) is 27.2. The first-order valence-corrected chi connectivity index (χ1v) is 13.8. The molecule has 5 rings (SSSR count). The number of hydrogen-bond donors (Lipinski definition) is 5. The van der Waals surface area contributed by atoms with Crippen molar-refractivity contribution in [3.05, 3.63) is 51.1 Å². The van der Waals surface area contributed by atoms with E-state index in [1.165, 1.54) is 11.3 Å². The number of likely N-dealkylation sites (tertiary alicyclic amines) is 1. The van der Waals surface area contributed by atoms with Gasteiger partial charge < -0.3 is 30.7 Å². The molecule has 2 aliphatic heterocycles. The largest absolute Gasteiger partial charge is 0.386 e. The Labute approximate surface area is 226 Å². The lowest BCUT2D eigenvalue weighted by molar-refractivity contribution is -0.139. The lowest BCUT2D eigenvalue weighted by Crippen LogP contribution is -2.64. The Bertz CT molecular complexity index is 1350. The number of fused-ring (bicyclic) bond motifs is 2. The van der Waals surface area contributed by atoms with Gasteiger partial charge in [0.15, 0.2) is 5.01 Å². The van der Waals surface area contributed by atoms with Crippen LogP contribution >= 0.6 is 11.3 Å². The standard InChI is InChI=1S/C27H36N6O4S/c1-15-5-6-17-16(11-15)12-20(28-17)23(34)29-18-8-10-33(26(36)27(2,3)37)13-21(18)30-24(35)25-31-19-7-9-32(4)14-22(19)38-25/h5-6,11-12,18,21,26,28,36-37H,7-10,13-14H2,1-4H3,(H,29,34)(H,30,35)/t18-,21+,26?/m0/s1. The molecule has 1 unspecified atom stereocenters. The molecule has 0 spiro atoms. The van der Waals surface area contributed by atoms with Crippen LogP contribution in [0.4, 0.5) is 0 Å². The summed E-state index contributed by atoms with van der Waals surface area (Å²) in [4.78, 5) is 39.4. The molecule has 38 heavy (non-hydrogen) atoms. The van der Waals surface area contributed by atoms with Crippen molar-refractivity contribution in [3.63, 3.8) is 0 Å². The van der Waals surface area contributed by atoms with Crippen LogP contribution in [0.3, 0.4) is 0 Å². The van der Waals surface area contributed by atoms with E-state index in [1.807, 2.05) is 31.2 Å². The average molecular weight is 541 g/mol. The highest BCUT2D eigenvalue weighted by Crippen LogP contribution is 2.26. The van der Waals surface area contributed by atoms with Gasteiger partial charge in [0, 0.05) is 48.4 Å². The molecule has 0 bridgehead atoms. The lowest BCUT2D eigenvalue weighted by atomic mass is 9.96. The highest BCUT2D eigenvalue weighted by Gasteiger charge is 2.39. The van der Waals surface area contributed by atoms with Gasteiger partial charge in [0.05, 0.1) is 23.4 Å². The van der Waals surface area contributed by atoms with Crippen molar-refractivity contribution in [2.24, 2.45) is 0 Å². The number of nitrogens with one attached hydrogen (secondary N) is 3. The number of aliphatic hydroxyl groups excluding tert-OH is 1. The Hall–Kier alpha value is -2.83. The van der Waals surface area contributed by atoms with Gasteiger partial charge in [-0.2, -0.15) is 0 Å². The quantitative estimate of drug-likeness (QED) is 0.321. The summed E-state index contributed by atoms with van der Waals surface area (Å²) in [5, 5.41) is 28.6. The minimum Gasteiger partial charge on any atom is -0.386 e. The van der Waals surface area contributed by atoms with Crippen LogP contribution in [-0.4, -0.2) is 92.4 Å². The number of amides is 2. The molecule has 11 heteroatoms. The van der Waals surface area contributed by atoms with Crippen LogP contribution in [0.5, 0.6) is 0 Å². The third-order valence-electron chi connectivity index (χ3n) is 7.39. The van der Waals surface area contributed by atoms with Crippen molar-refractivity contribution in [3.8, 4) is 0 Å². The van der Waals surface area contributed by atoms with Gasteiger partial charge in [-0.25, -0.2) is 4.98 Å². The number of piperidine rings is 1. The fourth-order valence-electron chi connectivity index (χ4n) is 5.24. The number of H-pyrrole nitrogens is 1. The van der Waals surface area contributed by atoms with Gasteiger partial charge in [-0.05, 0) is 52.4 Å². The molecule has 3 atom stereocenters. The molecular weight excluding hydrogens is 504 g/mol. The number of aliphatic hydroxyl groups is 2. The number of carbonyl (C=O) groups is 2. The van der Waals surface area contributed by atoms with Crippen molar-refractivity contribution in [2.45, 2.75) is 64.1 Å². The molecule has 10 nitrogen and oxygen atoms in total. The van der Waals surface area contributed by atoms with E-state index in [0.29, 0.717) is 23.7 Å². The monoisotopic (exact) mass is 540 g/mol. The van der Waals surface area contributed by atoms with E-state index in [0.717, 1.165) is 46.5 Å². The molecular formula is C27H36N6O4S. The molecule has 1 aromatic carbocycles. The first-order chi connectivity index (χ1) is 18.0. The van der Waals surface area contributed by atoms with Crippen molar-refractivity contribution in [1.82, 2.24) is 30.4 Å². The third kappa shape index (κ3) is 5.62. The number of thiazole rings is 1. The third-order valence-corrected chi connectivity index (χ3v) is 8.47. The van der Waals surface area contributed by atoms with Gasteiger partial charge in [0.2, 0.25) is 0 Å². The number of carbonyl (C=O) groups excluding carboxylic acids is 2. The minimum absolute atomic E-state index is 0.257. The molecule has 204 valence electrons. The van der Waals surface area contributed by atoms with E-state index in [1.54, 1.807) is 18.7 Å². The van der Waals surface area contributed by atoms with Crippen molar-refractivity contribution in [1.29, 1.82) is 0 Å². The predicted octanol–water partition coefficient (Wildman–Crippen LogP) is 1.61. The van der Waals surface area contributed by atoms with Crippen LogP contribution in [0.1, 0.15) is 56.7 Å². The van der Waals surface area contributed by atoms with Crippen LogP contribution in [0.25, 0.3) is 10.9 Å². The molecule has 2 aliphatic rings. The maximum Gasteiger partial charge on any atom is 0.280 e. The Balaban J connectivity index is 1.34. The number of likely N-dealkylation sites (N-methyl/N-ethyl adjacent to an activating group) is 1. The summed E-state index contributed by atoms with van der Waals surface area (Å²) in [5.41, 5.74) is 2.07. The summed E-state index contributed by atoms with van der Waals surface area (Å²) in [6, 6.07) is 6.93. The Kier molecular flexibility index (Phi) is 7.31. The summed E-state index contributed by atoms with van der Waals surface area (Å²) in [7, 11) is 2.05. The summed E-state index contributed by atoms with van der Waals surface area (Å²) in [5.74, 6) is -0.552. The van der Waals surface area contributed by atoms with E-state index in [4.69, 9.17) is 0 Å². The van der Waals surface area contributed by atoms with Gasteiger partial charge in [-0.3, -0.25) is 14.5 Å². The molecule has 5 N–H and O–H groups in total. The normalized spacial score (nSPS) is 21.7. The number of rotatable bonds is 6. The molecule has 4 heterocycles. The van der Waals surface area contributed by atoms with Gasteiger partial charge in [0.1, 0.15) is 11.9 Å². The topological polar surface area (TPSA) is 134 Å². The first-order valence-electron chi connectivity index (χ1n) is 13.0. The fourth-order valence-corrected chi connectivity index (χ4v) is 6.33. The molecule has 1 fully saturated rings. The molecule has 3 aromatic rings. The number of aromatic nitrogens is 2. The second-order valence-corrected chi connectivity index (χ2v) is 12.2. The SMILES string of the molecule is Cc1ccc2[nH]c(C(=O)N[C@H]3CCN(C(O)C(C)(C)O)C[C@H]3NC(=O)c3nc4c(s3)CN(C)CC4)cc2c1. The minimum atomic E-state index is -1.34. The van der Waals surface area contributed by atoms with E-state index >= 15 is 0 Å². The van der Waals surface area contributed by atoms with Gasteiger partial charge in [0.25, 0.3) is 11.8 Å². The molecule has 2 aromatic heterocycles. The van der Waals surface area contributed by atoms with Crippen molar-refractivity contribution < 1.29 is 19.8 Å². The number of aromatic amines is 1. The molecule has 1 saturated heterocycles. The fraction of sp³-hybridized carbons (Fsp3) is 0.519. The second-order valence-electron chi connectivity index (χ2n) is 11.1. The summed E-state index contributed by atoms with van der Waals surface area (Å²) in [6.07, 6.45) is 0.188. The summed E-state index contributed by atoms with van der Waals surface area (Å²) < 4.78 is 0. The number of benzene rings is 1. The van der Waals surface area contributed by atoms with E-state index < -0.39 is 17.9 Å². The van der Waals surface area contributed by atoms with Crippen LogP contribution < -0.4 is 10.6 Å². The van der Waals surface area contributed by atoms with Crippen molar-refractivity contribution >= 4 is 34.1 Å². The van der Waals surface area contributed by atoms with Crippen LogP contribution in [0, 0.1) is 6.92 Å². The summed E-state index contributed by atoms with van der Waals surface area (Å²) in [6.45, 7) is 7.51. The average Bonchev–Trinajstić information content (AvgIpc) is 3.47. The Morgan fingerprint density at radius 1 is 1.18 bits per heavy atom. The molecule has 2 amide bonds. The van der Waals surface area contributed by atoms with Gasteiger partial charge in [-0.1, -0.05) is 11.6 Å². The van der Waals surface area contributed by atoms with Crippen LogP contribution in [0.15, 0.2) is 24.3 Å².